The molecule has 1 aromatic carbocycles. The van der Waals surface area contributed by atoms with Gasteiger partial charge in [0.25, 0.3) is 5.91 Å². The second kappa shape index (κ2) is 6.94. The summed E-state index contributed by atoms with van der Waals surface area (Å²) in [5.41, 5.74) is 0.791. The predicted octanol–water partition coefficient (Wildman–Crippen LogP) is 1.65. The molecule has 1 aromatic rings. The van der Waals surface area contributed by atoms with E-state index in [2.05, 4.69) is 5.32 Å². The van der Waals surface area contributed by atoms with E-state index in [-0.39, 0.29) is 5.91 Å². The molecule has 1 heterocycles. The van der Waals surface area contributed by atoms with Crippen LogP contribution >= 0.6 is 0 Å². The highest BCUT2D eigenvalue weighted by atomic mass is 16.5. The molecule has 0 unspecified atom stereocenters. The molecule has 21 heavy (non-hydrogen) atoms. The minimum absolute atomic E-state index is 0.110. The maximum atomic E-state index is 12.4. The van der Waals surface area contributed by atoms with Crippen molar-refractivity contribution in [2.75, 3.05) is 38.2 Å². The van der Waals surface area contributed by atoms with Crippen LogP contribution < -0.4 is 10.1 Å². The van der Waals surface area contributed by atoms with E-state index in [1.54, 1.807) is 24.0 Å². The highest BCUT2D eigenvalue weighted by molar-refractivity contribution is 5.96. The van der Waals surface area contributed by atoms with E-state index in [1.807, 2.05) is 0 Å². The Morgan fingerprint density at radius 1 is 1.38 bits per heavy atom. The van der Waals surface area contributed by atoms with Gasteiger partial charge in [0.2, 0.25) is 0 Å². The second-order valence-corrected chi connectivity index (χ2v) is 4.48. The molecular weight excluding hydrogens is 276 g/mol. The van der Waals surface area contributed by atoms with Gasteiger partial charge in [0.1, 0.15) is 5.75 Å². The van der Waals surface area contributed by atoms with Crippen LogP contribution in [0.25, 0.3) is 0 Å². The zero-order chi connectivity index (χ0) is 15.2. The third-order valence-electron chi connectivity index (χ3n) is 3.07. The number of hydrogen-bond donors (Lipinski definition) is 2. The molecule has 0 saturated carbocycles. The van der Waals surface area contributed by atoms with Gasteiger partial charge < -0.3 is 19.5 Å². The summed E-state index contributed by atoms with van der Waals surface area (Å²) in [6.45, 7) is 4.34. The third kappa shape index (κ3) is 3.85. The first-order chi connectivity index (χ1) is 10.1. The van der Waals surface area contributed by atoms with Gasteiger partial charge in [0, 0.05) is 18.7 Å². The Morgan fingerprint density at radius 2 is 2.10 bits per heavy atom. The number of carbonyl (C=O) groups excluding carboxylic acids is 1. The summed E-state index contributed by atoms with van der Waals surface area (Å²) in [7, 11) is 0. The van der Waals surface area contributed by atoms with Crippen LogP contribution in [0.15, 0.2) is 18.2 Å². The zero-order valence-corrected chi connectivity index (χ0v) is 11.8. The summed E-state index contributed by atoms with van der Waals surface area (Å²) in [6.07, 6.45) is -1.18. The second-order valence-electron chi connectivity index (χ2n) is 4.48. The minimum Gasteiger partial charge on any atom is -0.492 e. The third-order valence-corrected chi connectivity index (χ3v) is 3.07. The molecule has 1 aliphatic heterocycles. The highest BCUT2D eigenvalue weighted by Gasteiger charge is 2.20. The fraction of sp³-hybridized carbons (Fsp3) is 0.429. The van der Waals surface area contributed by atoms with Crippen molar-refractivity contribution in [3.05, 3.63) is 23.8 Å². The van der Waals surface area contributed by atoms with Crippen LogP contribution in [0.5, 0.6) is 5.75 Å². The summed E-state index contributed by atoms with van der Waals surface area (Å²) in [4.78, 5) is 24.8. The smallest absolute Gasteiger partial charge is 0.409 e. The van der Waals surface area contributed by atoms with E-state index in [4.69, 9.17) is 14.6 Å². The molecular formula is C14H18N2O5. The number of anilines is 1. The Balaban J connectivity index is 2.21. The van der Waals surface area contributed by atoms with Crippen molar-refractivity contribution in [2.45, 2.75) is 6.92 Å². The summed E-state index contributed by atoms with van der Waals surface area (Å²) in [5.74, 6) is 0.236. The minimum atomic E-state index is -1.18. The van der Waals surface area contributed by atoms with Gasteiger partial charge in [-0.25, -0.2) is 4.79 Å². The number of nitrogens with one attached hydrogen (secondary N) is 1. The van der Waals surface area contributed by atoms with Crippen molar-refractivity contribution in [3.8, 4) is 5.75 Å². The summed E-state index contributed by atoms with van der Waals surface area (Å²) >= 11 is 0. The fourth-order valence-electron chi connectivity index (χ4n) is 2.10. The standard InChI is InChI=1S/C14H18N2O5/c1-2-21-12-9-10(3-4-11(12)15-14(18)19)13(17)16-5-7-20-8-6-16/h3-4,9,15H,2,5-8H2,1H3,(H,18,19). The SMILES string of the molecule is CCOc1cc(C(=O)N2CCOCC2)ccc1NC(=O)O. The number of morpholine rings is 1. The number of hydrogen-bond acceptors (Lipinski definition) is 4. The number of amides is 2. The van der Waals surface area contributed by atoms with Crippen LogP contribution in [0.4, 0.5) is 10.5 Å². The van der Waals surface area contributed by atoms with Crippen molar-refractivity contribution in [1.29, 1.82) is 0 Å². The van der Waals surface area contributed by atoms with Gasteiger partial charge in [-0.15, -0.1) is 0 Å². The van der Waals surface area contributed by atoms with Gasteiger partial charge in [0.05, 0.1) is 25.5 Å². The van der Waals surface area contributed by atoms with Crippen LogP contribution in [-0.4, -0.2) is 54.9 Å². The molecule has 2 amide bonds. The molecule has 1 fully saturated rings. The molecule has 0 aliphatic carbocycles. The summed E-state index contributed by atoms with van der Waals surface area (Å²) in [6, 6.07) is 4.69. The van der Waals surface area contributed by atoms with E-state index in [1.165, 1.54) is 6.07 Å². The number of carbonyl (C=O) groups is 2. The Morgan fingerprint density at radius 3 is 2.71 bits per heavy atom. The van der Waals surface area contributed by atoms with E-state index < -0.39 is 6.09 Å². The van der Waals surface area contributed by atoms with Crippen molar-refractivity contribution in [3.63, 3.8) is 0 Å². The Hall–Kier alpha value is -2.28. The number of carboxylic acid groups (broad SMARTS) is 1. The molecule has 2 rings (SSSR count). The fourth-order valence-corrected chi connectivity index (χ4v) is 2.10. The van der Waals surface area contributed by atoms with Gasteiger partial charge in [-0.2, -0.15) is 0 Å². The molecule has 1 saturated heterocycles. The van der Waals surface area contributed by atoms with Gasteiger partial charge >= 0.3 is 6.09 Å². The number of benzene rings is 1. The molecule has 114 valence electrons. The molecule has 0 atom stereocenters. The van der Waals surface area contributed by atoms with Crippen LogP contribution in [0.3, 0.4) is 0 Å². The molecule has 7 heteroatoms. The Bertz CT molecular complexity index is 526. The highest BCUT2D eigenvalue weighted by Crippen LogP contribution is 2.26. The van der Waals surface area contributed by atoms with Crippen molar-refractivity contribution in [2.24, 2.45) is 0 Å². The quantitative estimate of drug-likeness (QED) is 0.881. The molecule has 0 aromatic heterocycles. The molecule has 0 bridgehead atoms. The van der Waals surface area contributed by atoms with E-state index >= 15 is 0 Å². The summed E-state index contributed by atoms with van der Waals surface area (Å²) in [5, 5.41) is 11.0. The number of rotatable bonds is 4. The lowest BCUT2D eigenvalue weighted by Gasteiger charge is -2.27. The maximum Gasteiger partial charge on any atom is 0.409 e. The van der Waals surface area contributed by atoms with E-state index in [9.17, 15) is 9.59 Å². The normalized spacial score (nSPS) is 14.6. The van der Waals surface area contributed by atoms with Crippen LogP contribution in [0, 0.1) is 0 Å². The molecule has 2 N–H and O–H groups in total. The monoisotopic (exact) mass is 294 g/mol. The van der Waals surface area contributed by atoms with Crippen molar-refractivity contribution in [1.82, 2.24) is 4.90 Å². The van der Waals surface area contributed by atoms with Gasteiger partial charge in [0.15, 0.2) is 0 Å². The lowest BCUT2D eigenvalue weighted by atomic mass is 10.1. The molecule has 7 nitrogen and oxygen atoms in total. The molecule has 0 radical (unpaired) electrons. The maximum absolute atomic E-state index is 12.4. The molecule has 1 aliphatic rings. The topological polar surface area (TPSA) is 88.1 Å². The van der Waals surface area contributed by atoms with E-state index in [0.29, 0.717) is 49.9 Å². The van der Waals surface area contributed by atoms with E-state index in [0.717, 1.165) is 0 Å². The predicted molar refractivity (Wildman–Crippen MR) is 76.0 cm³/mol. The van der Waals surface area contributed by atoms with Gasteiger partial charge in [-0.3, -0.25) is 10.1 Å². The van der Waals surface area contributed by atoms with Crippen LogP contribution in [-0.2, 0) is 4.74 Å². The van der Waals surface area contributed by atoms with Crippen molar-refractivity contribution >= 4 is 17.7 Å². The number of nitrogens with zero attached hydrogens (tertiary/aromatic N) is 1. The van der Waals surface area contributed by atoms with Gasteiger partial charge in [-0.1, -0.05) is 0 Å². The lowest BCUT2D eigenvalue weighted by Crippen LogP contribution is -2.40. The molecule has 0 spiro atoms. The van der Waals surface area contributed by atoms with Crippen LogP contribution in [0.1, 0.15) is 17.3 Å². The van der Waals surface area contributed by atoms with Gasteiger partial charge in [-0.05, 0) is 25.1 Å². The first kappa shape index (κ1) is 15.1. The van der Waals surface area contributed by atoms with Crippen molar-refractivity contribution < 1.29 is 24.2 Å². The zero-order valence-electron chi connectivity index (χ0n) is 11.8. The average Bonchev–Trinajstić information content (AvgIpc) is 2.49. The first-order valence-electron chi connectivity index (χ1n) is 6.75. The average molecular weight is 294 g/mol. The summed E-state index contributed by atoms with van der Waals surface area (Å²) < 4.78 is 10.6. The largest absolute Gasteiger partial charge is 0.492 e. The lowest BCUT2D eigenvalue weighted by molar-refractivity contribution is 0.0302. The number of ether oxygens (including phenoxy) is 2. The Kier molecular flexibility index (Phi) is 4.99. The first-order valence-corrected chi connectivity index (χ1v) is 6.75. The van der Waals surface area contributed by atoms with Crippen LogP contribution in [0.2, 0.25) is 0 Å². The Labute approximate surface area is 122 Å².